The normalized spacial score (nSPS) is 12.1. The highest BCUT2D eigenvalue weighted by Crippen LogP contribution is 2.06. The Kier molecular flexibility index (Phi) is 3.75. The monoisotopic (exact) mass is 261 g/mol. The van der Waals surface area contributed by atoms with Crippen LogP contribution in [0.2, 0.25) is 0 Å². The van der Waals surface area contributed by atoms with Crippen molar-refractivity contribution in [1.82, 2.24) is 24.9 Å². The SMILES string of the molecule is Cc1cc(Cn2ccc(CNC(C)(C)C)n2)n(C)n1. The van der Waals surface area contributed by atoms with E-state index in [1.54, 1.807) is 0 Å². The van der Waals surface area contributed by atoms with Crippen LogP contribution >= 0.6 is 0 Å². The molecule has 0 aliphatic carbocycles. The van der Waals surface area contributed by atoms with Gasteiger partial charge in [-0.05, 0) is 39.8 Å². The third-order valence-corrected chi connectivity index (χ3v) is 2.92. The lowest BCUT2D eigenvalue weighted by atomic mass is 10.1. The molecule has 0 fully saturated rings. The van der Waals surface area contributed by atoms with Crippen LogP contribution in [0.4, 0.5) is 0 Å². The van der Waals surface area contributed by atoms with Crippen molar-refractivity contribution in [2.45, 2.75) is 46.3 Å². The van der Waals surface area contributed by atoms with E-state index in [4.69, 9.17) is 0 Å². The zero-order valence-corrected chi connectivity index (χ0v) is 12.4. The van der Waals surface area contributed by atoms with E-state index in [-0.39, 0.29) is 5.54 Å². The highest BCUT2D eigenvalue weighted by Gasteiger charge is 2.10. The van der Waals surface area contributed by atoms with E-state index in [0.29, 0.717) is 0 Å². The van der Waals surface area contributed by atoms with Gasteiger partial charge in [-0.2, -0.15) is 10.2 Å². The molecule has 2 aromatic heterocycles. The Morgan fingerprint density at radius 1 is 1.26 bits per heavy atom. The highest BCUT2D eigenvalue weighted by atomic mass is 15.3. The Balaban J connectivity index is 1.99. The van der Waals surface area contributed by atoms with Gasteiger partial charge in [0, 0.05) is 25.3 Å². The van der Waals surface area contributed by atoms with Gasteiger partial charge in [-0.3, -0.25) is 9.36 Å². The van der Waals surface area contributed by atoms with Gasteiger partial charge < -0.3 is 5.32 Å². The average molecular weight is 261 g/mol. The second-order valence-corrected chi connectivity index (χ2v) is 6.01. The predicted octanol–water partition coefficient (Wildman–Crippen LogP) is 1.86. The first kappa shape index (κ1) is 13.8. The minimum absolute atomic E-state index is 0.114. The third-order valence-electron chi connectivity index (χ3n) is 2.92. The summed E-state index contributed by atoms with van der Waals surface area (Å²) < 4.78 is 3.86. The van der Waals surface area contributed by atoms with Crippen LogP contribution in [-0.4, -0.2) is 25.1 Å². The Morgan fingerprint density at radius 3 is 2.58 bits per heavy atom. The molecule has 0 amide bonds. The summed E-state index contributed by atoms with van der Waals surface area (Å²) in [7, 11) is 1.97. The molecule has 2 rings (SSSR count). The van der Waals surface area contributed by atoms with E-state index >= 15 is 0 Å². The first-order valence-electron chi connectivity index (χ1n) is 6.60. The molecule has 0 aliphatic rings. The summed E-state index contributed by atoms with van der Waals surface area (Å²) in [6.45, 7) is 10.0. The summed E-state index contributed by atoms with van der Waals surface area (Å²) in [4.78, 5) is 0. The zero-order chi connectivity index (χ0) is 14.0. The molecule has 0 unspecified atom stereocenters. The second-order valence-electron chi connectivity index (χ2n) is 6.01. The first-order valence-corrected chi connectivity index (χ1v) is 6.60. The number of nitrogens with zero attached hydrogens (tertiary/aromatic N) is 4. The first-order chi connectivity index (χ1) is 8.83. The summed E-state index contributed by atoms with van der Waals surface area (Å²) in [5.41, 5.74) is 3.38. The lowest BCUT2D eigenvalue weighted by Crippen LogP contribution is -2.35. The van der Waals surface area contributed by atoms with Gasteiger partial charge in [0.2, 0.25) is 0 Å². The Hall–Kier alpha value is -1.62. The van der Waals surface area contributed by atoms with Crippen molar-refractivity contribution in [1.29, 1.82) is 0 Å². The molecular formula is C14H23N5. The minimum atomic E-state index is 0.114. The summed E-state index contributed by atoms with van der Waals surface area (Å²) >= 11 is 0. The zero-order valence-electron chi connectivity index (χ0n) is 12.4. The van der Waals surface area contributed by atoms with Crippen LogP contribution in [-0.2, 0) is 20.1 Å². The lowest BCUT2D eigenvalue weighted by molar-refractivity contribution is 0.419. The highest BCUT2D eigenvalue weighted by molar-refractivity contribution is 5.09. The smallest absolute Gasteiger partial charge is 0.0828 e. The van der Waals surface area contributed by atoms with Gasteiger partial charge in [0.05, 0.1) is 23.6 Å². The second kappa shape index (κ2) is 5.17. The van der Waals surface area contributed by atoms with Crippen molar-refractivity contribution in [2.24, 2.45) is 7.05 Å². The Bertz CT molecular complexity index is 544. The Morgan fingerprint density at radius 2 is 2.00 bits per heavy atom. The number of hydrogen-bond donors (Lipinski definition) is 1. The van der Waals surface area contributed by atoms with Gasteiger partial charge in [-0.25, -0.2) is 0 Å². The molecule has 1 N–H and O–H groups in total. The average Bonchev–Trinajstić information content (AvgIpc) is 2.83. The predicted molar refractivity (Wildman–Crippen MR) is 75.9 cm³/mol. The summed E-state index contributed by atoms with van der Waals surface area (Å²) in [6, 6.07) is 4.15. The molecular weight excluding hydrogens is 238 g/mol. The number of aryl methyl sites for hydroxylation is 2. The van der Waals surface area contributed by atoms with Crippen molar-refractivity contribution in [3.8, 4) is 0 Å². The molecule has 0 saturated carbocycles. The maximum atomic E-state index is 4.57. The van der Waals surface area contributed by atoms with E-state index in [9.17, 15) is 0 Å². The largest absolute Gasteiger partial charge is 0.306 e. The molecule has 2 aromatic rings. The molecule has 19 heavy (non-hydrogen) atoms. The topological polar surface area (TPSA) is 47.7 Å². The molecule has 0 aromatic carbocycles. The van der Waals surface area contributed by atoms with Crippen LogP contribution in [0.5, 0.6) is 0 Å². The maximum Gasteiger partial charge on any atom is 0.0828 e. The van der Waals surface area contributed by atoms with E-state index in [1.165, 1.54) is 0 Å². The van der Waals surface area contributed by atoms with Crippen LogP contribution in [0, 0.1) is 6.92 Å². The van der Waals surface area contributed by atoms with Crippen LogP contribution in [0.3, 0.4) is 0 Å². The number of aromatic nitrogens is 4. The van der Waals surface area contributed by atoms with Crippen molar-refractivity contribution in [3.63, 3.8) is 0 Å². The summed E-state index contributed by atoms with van der Waals surface area (Å²) in [5.74, 6) is 0. The van der Waals surface area contributed by atoms with Gasteiger partial charge in [0.25, 0.3) is 0 Å². The molecule has 5 heteroatoms. The summed E-state index contributed by atoms with van der Waals surface area (Å²) in [6.07, 6.45) is 2.02. The molecule has 104 valence electrons. The van der Waals surface area contributed by atoms with Gasteiger partial charge in [-0.1, -0.05) is 0 Å². The van der Waals surface area contributed by atoms with E-state index in [0.717, 1.165) is 30.2 Å². The van der Waals surface area contributed by atoms with Gasteiger partial charge in [0.1, 0.15) is 0 Å². The maximum absolute atomic E-state index is 4.57. The molecule has 0 atom stereocenters. The van der Waals surface area contributed by atoms with Crippen LogP contribution in [0.1, 0.15) is 37.9 Å². The number of nitrogens with one attached hydrogen (secondary N) is 1. The fraction of sp³-hybridized carbons (Fsp3) is 0.571. The minimum Gasteiger partial charge on any atom is -0.306 e. The quantitative estimate of drug-likeness (QED) is 0.914. The summed E-state index contributed by atoms with van der Waals surface area (Å²) in [5, 5.41) is 12.4. The lowest BCUT2D eigenvalue weighted by Gasteiger charge is -2.19. The molecule has 2 heterocycles. The standard InChI is InChI=1S/C14H23N5/c1-11-8-13(18(5)16-11)10-19-7-6-12(17-19)9-15-14(2,3)4/h6-8,15H,9-10H2,1-5H3. The third kappa shape index (κ3) is 3.92. The van der Waals surface area contributed by atoms with Crippen molar-refractivity contribution < 1.29 is 0 Å². The van der Waals surface area contributed by atoms with Gasteiger partial charge >= 0.3 is 0 Å². The van der Waals surface area contributed by atoms with E-state index < -0.39 is 0 Å². The molecule has 0 radical (unpaired) electrons. The van der Waals surface area contributed by atoms with Crippen LogP contribution in [0.15, 0.2) is 18.3 Å². The molecule has 0 bridgehead atoms. The van der Waals surface area contributed by atoms with E-state index in [2.05, 4.69) is 48.4 Å². The van der Waals surface area contributed by atoms with Crippen LogP contribution in [0.25, 0.3) is 0 Å². The fourth-order valence-corrected chi connectivity index (χ4v) is 1.92. The molecule has 0 aliphatic heterocycles. The number of rotatable bonds is 4. The van der Waals surface area contributed by atoms with E-state index in [1.807, 2.05) is 29.5 Å². The van der Waals surface area contributed by atoms with Gasteiger partial charge in [-0.15, -0.1) is 0 Å². The molecule has 0 saturated heterocycles. The van der Waals surface area contributed by atoms with Crippen LogP contribution < -0.4 is 5.32 Å². The van der Waals surface area contributed by atoms with Crippen molar-refractivity contribution >= 4 is 0 Å². The molecule has 0 spiro atoms. The van der Waals surface area contributed by atoms with Gasteiger partial charge in [0.15, 0.2) is 0 Å². The number of hydrogen-bond acceptors (Lipinski definition) is 3. The fourth-order valence-electron chi connectivity index (χ4n) is 1.92. The van der Waals surface area contributed by atoms with Crippen molar-refractivity contribution in [2.75, 3.05) is 0 Å². The molecule has 5 nitrogen and oxygen atoms in total. The Labute approximate surface area is 114 Å². The van der Waals surface area contributed by atoms with Crippen molar-refractivity contribution in [3.05, 3.63) is 35.4 Å².